The molecule has 0 amide bonds. The van der Waals surface area contributed by atoms with E-state index in [1.807, 2.05) is 0 Å². The van der Waals surface area contributed by atoms with Gasteiger partial charge in [0, 0.05) is 0 Å². The smallest absolute Gasteiger partial charge is 0.0414 e. The van der Waals surface area contributed by atoms with Crippen molar-refractivity contribution in [2.24, 2.45) is 5.92 Å². The molecule has 1 unspecified atom stereocenters. The van der Waals surface area contributed by atoms with Gasteiger partial charge in [-0.3, -0.25) is 0 Å². The highest BCUT2D eigenvalue weighted by atomic mass is 14.1. The molecule has 0 aromatic heterocycles. The zero-order chi connectivity index (χ0) is 32.6. The zero-order valence-electron chi connectivity index (χ0n) is 32.3. The quantitative estimate of drug-likeness (QED) is 0.0589. The predicted octanol–water partition coefficient (Wildman–Crippen LogP) is 17.5. The molecule has 0 spiro atoms. The maximum absolute atomic E-state index is 4.08. The minimum absolute atomic E-state index is 1.01. The second-order valence-corrected chi connectivity index (χ2v) is 15.5. The molecule has 0 aliphatic carbocycles. The van der Waals surface area contributed by atoms with Crippen molar-refractivity contribution < 1.29 is 0 Å². The largest absolute Gasteiger partial charge is 0.0654 e. The van der Waals surface area contributed by atoms with Gasteiger partial charge in [-0.2, -0.15) is 0 Å². The summed E-state index contributed by atoms with van der Waals surface area (Å²) in [5.74, 6) is 1.01. The summed E-state index contributed by atoms with van der Waals surface area (Å²) >= 11 is 0. The average Bonchev–Trinajstić information content (AvgIpc) is 3.05. The Morgan fingerprint density at radius 2 is 0.422 bits per heavy atom. The second kappa shape index (κ2) is 42.0. The normalized spacial score (nSPS) is 12.3. The van der Waals surface area contributed by atoms with Gasteiger partial charge in [-0.25, -0.2) is 0 Å². The third kappa shape index (κ3) is 40.1. The molecule has 0 N–H and O–H groups in total. The van der Waals surface area contributed by atoms with Crippen LogP contribution in [0.3, 0.4) is 0 Å². The van der Waals surface area contributed by atoms with Gasteiger partial charge in [0.15, 0.2) is 0 Å². The first-order valence-corrected chi connectivity index (χ1v) is 22.1. The van der Waals surface area contributed by atoms with Crippen molar-refractivity contribution in [3.8, 4) is 0 Å². The SMILES string of the molecule is [CH2]CCCCC(CCCCCCCCCCCCCCCCC)CCCCCCCCCCCCCCCCCCCCCC. The molecule has 271 valence electrons. The summed E-state index contributed by atoms with van der Waals surface area (Å²) in [6.45, 7) is 8.71. The topological polar surface area (TPSA) is 0 Å². The summed E-state index contributed by atoms with van der Waals surface area (Å²) in [7, 11) is 0. The van der Waals surface area contributed by atoms with E-state index < -0.39 is 0 Å². The van der Waals surface area contributed by atoms with Gasteiger partial charge in [-0.1, -0.05) is 284 Å². The third-order valence-electron chi connectivity index (χ3n) is 10.8. The molecule has 0 aliphatic heterocycles. The van der Waals surface area contributed by atoms with Crippen LogP contribution in [0.1, 0.15) is 277 Å². The van der Waals surface area contributed by atoms with E-state index in [-0.39, 0.29) is 0 Å². The lowest BCUT2D eigenvalue weighted by atomic mass is 9.89. The van der Waals surface area contributed by atoms with Gasteiger partial charge < -0.3 is 0 Å². The highest BCUT2D eigenvalue weighted by Gasteiger charge is 2.08. The second-order valence-electron chi connectivity index (χ2n) is 15.5. The summed E-state index contributed by atoms with van der Waals surface area (Å²) < 4.78 is 0. The summed E-state index contributed by atoms with van der Waals surface area (Å²) in [5, 5.41) is 0. The molecular formula is C45H91. The van der Waals surface area contributed by atoms with Crippen LogP contribution in [0.25, 0.3) is 0 Å². The van der Waals surface area contributed by atoms with E-state index in [0.717, 1.165) is 12.3 Å². The molecule has 1 atom stereocenters. The van der Waals surface area contributed by atoms with Gasteiger partial charge in [-0.15, -0.1) is 0 Å². The molecule has 1 radical (unpaired) electrons. The Kier molecular flexibility index (Phi) is 42.0. The van der Waals surface area contributed by atoms with Crippen molar-refractivity contribution in [3.63, 3.8) is 0 Å². The standard InChI is InChI=1S/C45H91/c1-4-7-10-12-14-16-18-20-22-23-24-25-26-28-30-32-34-36-38-41-44-45(42-39-9-6-3)43-40-37-35-33-31-29-27-21-19-17-15-13-11-8-5-2/h45H,3-44H2,1-2H3. The lowest BCUT2D eigenvalue weighted by molar-refractivity contribution is 0.368. The van der Waals surface area contributed by atoms with Crippen LogP contribution in [-0.4, -0.2) is 0 Å². The van der Waals surface area contributed by atoms with E-state index in [1.54, 1.807) is 0 Å². The van der Waals surface area contributed by atoms with Crippen molar-refractivity contribution in [2.75, 3.05) is 0 Å². The molecule has 0 rings (SSSR count). The predicted molar refractivity (Wildman–Crippen MR) is 209 cm³/mol. The van der Waals surface area contributed by atoms with Gasteiger partial charge in [-0.05, 0) is 5.92 Å². The van der Waals surface area contributed by atoms with Crippen molar-refractivity contribution in [1.82, 2.24) is 0 Å². The molecule has 0 aromatic rings. The van der Waals surface area contributed by atoms with Crippen LogP contribution in [0, 0.1) is 12.8 Å². The first kappa shape index (κ1) is 45.0. The van der Waals surface area contributed by atoms with E-state index in [9.17, 15) is 0 Å². The van der Waals surface area contributed by atoms with Crippen LogP contribution in [-0.2, 0) is 0 Å². The molecule has 0 aliphatic rings. The monoisotopic (exact) mass is 632 g/mol. The van der Waals surface area contributed by atoms with Gasteiger partial charge in [0.1, 0.15) is 0 Å². The first-order chi connectivity index (χ1) is 22.3. The molecule has 0 nitrogen and oxygen atoms in total. The zero-order valence-corrected chi connectivity index (χ0v) is 32.3. The maximum atomic E-state index is 4.08. The van der Waals surface area contributed by atoms with E-state index in [4.69, 9.17) is 0 Å². The maximum Gasteiger partial charge on any atom is -0.0414 e. The first-order valence-electron chi connectivity index (χ1n) is 22.1. The Balaban J connectivity index is 3.49. The Bertz CT molecular complexity index is 480. The molecular weight excluding hydrogens is 540 g/mol. The summed E-state index contributed by atoms with van der Waals surface area (Å²) in [6.07, 6.45) is 60.1. The lowest BCUT2D eigenvalue weighted by Crippen LogP contribution is -2.01. The van der Waals surface area contributed by atoms with Crippen LogP contribution >= 0.6 is 0 Å². The Labute approximate surface area is 289 Å². The van der Waals surface area contributed by atoms with Crippen molar-refractivity contribution in [2.45, 2.75) is 277 Å². The van der Waals surface area contributed by atoms with Gasteiger partial charge >= 0.3 is 0 Å². The third-order valence-corrected chi connectivity index (χ3v) is 10.8. The van der Waals surface area contributed by atoms with Gasteiger partial charge in [0.05, 0.1) is 0 Å². The molecule has 0 aromatic carbocycles. The van der Waals surface area contributed by atoms with Crippen LogP contribution in [0.15, 0.2) is 0 Å². The minimum atomic E-state index is 1.01. The number of rotatable bonds is 41. The highest BCUT2D eigenvalue weighted by Crippen LogP contribution is 2.25. The Morgan fingerprint density at radius 3 is 0.622 bits per heavy atom. The van der Waals surface area contributed by atoms with Gasteiger partial charge in [0.2, 0.25) is 0 Å². The summed E-state index contributed by atoms with van der Waals surface area (Å²) in [4.78, 5) is 0. The number of hydrogen-bond donors (Lipinski definition) is 0. The van der Waals surface area contributed by atoms with Crippen molar-refractivity contribution in [1.29, 1.82) is 0 Å². The van der Waals surface area contributed by atoms with Gasteiger partial charge in [0.25, 0.3) is 0 Å². The number of unbranched alkanes of at least 4 members (excludes halogenated alkanes) is 35. The highest BCUT2D eigenvalue weighted by molar-refractivity contribution is 4.62. The van der Waals surface area contributed by atoms with E-state index in [2.05, 4.69) is 20.8 Å². The van der Waals surface area contributed by atoms with Crippen LogP contribution in [0.5, 0.6) is 0 Å². The minimum Gasteiger partial charge on any atom is -0.0654 e. The molecule has 0 heteroatoms. The Hall–Kier alpha value is 0. The summed E-state index contributed by atoms with van der Waals surface area (Å²) in [5.41, 5.74) is 0. The van der Waals surface area contributed by atoms with Crippen molar-refractivity contribution >= 4 is 0 Å². The molecule has 45 heavy (non-hydrogen) atoms. The molecule has 0 heterocycles. The van der Waals surface area contributed by atoms with Crippen LogP contribution < -0.4 is 0 Å². The Morgan fingerprint density at radius 1 is 0.244 bits per heavy atom. The number of hydrogen-bond acceptors (Lipinski definition) is 0. The molecule has 0 saturated heterocycles. The fourth-order valence-corrected chi connectivity index (χ4v) is 7.54. The molecule has 0 saturated carbocycles. The van der Waals surface area contributed by atoms with Crippen molar-refractivity contribution in [3.05, 3.63) is 6.92 Å². The average molecular weight is 632 g/mol. The fourth-order valence-electron chi connectivity index (χ4n) is 7.54. The molecule has 0 bridgehead atoms. The van der Waals surface area contributed by atoms with E-state index in [0.29, 0.717) is 0 Å². The van der Waals surface area contributed by atoms with Crippen LogP contribution in [0.4, 0.5) is 0 Å². The molecule has 0 fully saturated rings. The fraction of sp³-hybridized carbons (Fsp3) is 0.978. The van der Waals surface area contributed by atoms with E-state index >= 15 is 0 Å². The lowest BCUT2D eigenvalue weighted by Gasteiger charge is -2.17. The summed E-state index contributed by atoms with van der Waals surface area (Å²) in [6, 6.07) is 0. The van der Waals surface area contributed by atoms with E-state index in [1.165, 1.54) is 257 Å². The van der Waals surface area contributed by atoms with Crippen LogP contribution in [0.2, 0.25) is 0 Å².